The SMILES string of the molecule is CCOC(=O)c1c(C)[nH]c(C(=O)C(=O)N(C)CCO)c1-c1ccccc1F. The Labute approximate surface area is 155 Å². The van der Waals surface area contributed by atoms with E-state index in [2.05, 4.69) is 4.98 Å². The molecule has 0 atom stereocenters. The number of benzene rings is 1. The van der Waals surface area contributed by atoms with Crippen LogP contribution < -0.4 is 0 Å². The topological polar surface area (TPSA) is 99.7 Å². The molecule has 0 aliphatic rings. The number of H-pyrrole nitrogens is 1. The van der Waals surface area contributed by atoms with Gasteiger partial charge in [-0.1, -0.05) is 18.2 Å². The molecule has 0 fully saturated rings. The summed E-state index contributed by atoms with van der Waals surface area (Å²) in [5, 5.41) is 8.96. The maximum Gasteiger partial charge on any atom is 0.340 e. The third-order valence-electron chi connectivity index (χ3n) is 4.01. The molecule has 1 aromatic carbocycles. The lowest BCUT2D eigenvalue weighted by Crippen LogP contribution is -2.35. The van der Waals surface area contributed by atoms with E-state index in [1.165, 1.54) is 32.2 Å². The molecular weight excluding hydrogens is 355 g/mol. The number of carbonyl (C=O) groups excluding carboxylic acids is 3. The van der Waals surface area contributed by atoms with Gasteiger partial charge in [0, 0.05) is 30.4 Å². The Bertz CT molecular complexity index is 875. The number of nitrogens with one attached hydrogen (secondary N) is 1. The molecule has 0 aliphatic heterocycles. The van der Waals surface area contributed by atoms with E-state index in [0.29, 0.717) is 0 Å². The highest BCUT2D eigenvalue weighted by Crippen LogP contribution is 2.33. The number of ether oxygens (including phenoxy) is 1. The average Bonchev–Trinajstić information content (AvgIpc) is 2.98. The minimum atomic E-state index is -0.942. The summed E-state index contributed by atoms with van der Waals surface area (Å²) in [6.07, 6.45) is 0. The molecule has 7 nitrogen and oxygen atoms in total. The Kier molecular flexibility index (Phi) is 6.46. The number of amides is 1. The molecule has 0 spiro atoms. The fraction of sp³-hybridized carbons (Fsp3) is 0.316. The first-order chi connectivity index (χ1) is 12.8. The van der Waals surface area contributed by atoms with E-state index in [1.807, 2.05) is 0 Å². The minimum Gasteiger partial charge on any atom is -0.462 e. The van der Waals surface area contributed by atoms with Crippen LogP contribution in [-0.4, -0.2) is 59.5 Å². The Morgan fingerprint density at radius 2 is 1.93 bits per heavy atom. The zero-order chi connectivity index (χ0) is 20.1. The van der Waals surface area contributed by atoms with Gasteiger partial charge in [0.05, 0.1) is 18.8 Å². The van der Waals surface area contributed by atoms with Gasteiger partial charge in [0.2, 0.25) is 0 Å². The van der Waals surface area contributed by atoms with Crippen LogP contribution in [0.15, 0.2) is 24.3 Å². The fourth-order valence-electron chi connectivity index (χ4n) is 2.72. The van der Waals surface area contributed by atoms with Crippen molar-refractivity contribution in [1.29, 1.82) is 0 Å². The number of aryl methyl sites for hydroxylation is 1. The Morgan fingerprint density at radius 3 is 2.52 bits per heavy atom. The van der Waals surface area contributed by atoms with Crippen LogP contribution in [0.25, 0.3) is 11.1 Å². The maximum atomic E-state index is 14.4. The van der Waals surface area contributed by atoms with Crippen molar-refractivity contribution >= 4 is 17.7 Å². The normalized spacial score (nSPS) is 10.6. The van der Waals surface area contributed by atoms with E-state index >= 15 is 0 Å². The maximum absolute atomic E-state index is 14.4. The summed E-state index contributed by atoms with van der Waals surface area (Å²) in [5.74, 6) is -3.20. The van der Waals surface area contributed by atoms with Gasteiger partial charge in [-0.15, -0.1) is 0 Å². The van der Waals surface area contributed by atoms with Gasteiger partial charge < -0.3 is 19.7 Å². The summed E-state index contributed by atoms with van der Waals surface area (Å²) in [5.41, 5.74) is 0.0803. The number of hydrogen-bond donors (Lipinski definition) is 2. The van der Waals surface area contributed by atoms with Crippen LogP contribution in [-0.2, 0) is 9.53 Å². The van der Waals surface area contributed by atoms with Crippen LogP contribution in [0.1, 0.15) is 33.5 Å². The molecule has 27 heavy (non-hydrogen) atoms. The summed E-state index contributed by atoms with van der Waals surface area (Å²) in [6, 6.07) is 5.65. The van der Waals surface area contributed by atoms with Crippen molar-refractivity contribution < 1.29 is 28.6 Å². The molecular formula is C19H21FN2O5. The Hall–Kier alpha value is -3.00. The second-order valence-electron chi connectivity index (χ2n) is 5.85. The molecule has 0 unspecified atom stereocenters. The summed E-state index contributed by atoms with van der Waals surface area (Å²) >= 11 is 0. The number of halogens is 1. The lowest BCUT2D eigenvalue weighted by atomic mass is 9.97. The van der Waals surface area contributed by atoms with Gasteiger partial charge >= 0.3 is 5.97 Å². The molecule has 2 rings (SSSR count). The molecule has 8 heteroatoms. The van der Waals surface area contributed by atoms with Gasteiger partial charge in [0.25, 0.3) is 11.7 Å². The number of rotatable bonds is 7. The molecule has 144 valence electrons. The van der Waals surface area contributed by atoms with E-state index in [9.17, 15) is 18.8 Å². The van der Waals surface area contributed by atoms with Crippen LogP contribution >= 0.6 is 0 Å². The quantitative estimate of drug-likeness (QED) is 0.437. The Balaban J connectivity index is 2.67. The third-order valence-corrected chi connectivity index (χ3v) is 4.01. The van der Waals surface area contributed by atoms with Crippen molar-refractivity contribution in [2.75, 3.05) is 26.8 Å². The highest BCUT2D eigenvalue weighted by molar-refractivity contribution is 6.43. The highest BCUT2D eigenvalue weighted by Gasteiger charge is 2.32. The van der Waals surface area contributed by atoms with E-state index < -0.39 is 23.5 Å². The van der Waals surface area contributed by atoms with Crippen molar-refractivity contribution in [2.24, 2.45) is 0 Å². The van der Waals surface area contributed by atoms with Gasteiger partial charge in [0.1, 0.15) is 11.5 Å². The van der Waals surface area contributed by atoms with E-state index in [-0.39, 0.29) is 47.8 Å². The predicted molar refractivity (Wildman–Crippen MR) is 95.9 cm³/mol. The number of aromatic nitrogens is 1. The third kappa shape index (κ3) is 4.06. The van der Waals surface area contributed by atoms with Gasteiger partial charge in [-0.2, -0.15) is 0 Å². The second kappa shape index (κ2) is 8.59. The molecule has 0 bridgehead atoms. The number of likely N-dealkylation sites (N-methyl/N-ethyl adjacent to an activating group) is 1. The zero-order valence-corrected chi connectivity index (χ0v) is 15.3. The van der Waals surface area contributed by atoms with E-state index in [1.54, 1.807) is 13.0 Å². The average molecular weight is 376 g/mol. The molecule has 0 saturated carbocycles. The van der Waals surface area contributed by atoms with Crippen LogP contribution in [0, 0.1) is 12.7 Å². The first kappa shape index (κ1) is 20.3. The molecule has 2 aromatic rings. The Morgan fingerprint density at radius 1 is 1.26 bits per heavy atom. The monoisotopic (exact) mass is 376 g/mol. The molecule has 0 radical (unpaired) electrons. The number of esters is 1. The van der Waals surface area contributed by atoms with Gasteiger partial charge in [0.15, 0.2) is 0 Å². The lowest BCUT2D eigenvalue weighted by molar-refractivity contribution is -0.125. The summed E-state index contributed by atoms with van der Waals surface area (Å²) < 4.78 is 19.5. The number of hydrogen-bond acceptors (Lipinski definition) is 5. The van der Waals surface area contributed by atoms with Gasteiger partial charge in [-0.3, -0.25) is 9.59 Å². The van der Waals surface area contributed by atoms with Crippen molar-refractivity contribution in [2.45, 2.75) is 13.8 Å². The first-order valence-electron chi connectivity index (χ1n) is 8.38. The molecule has 0 aliphatic carbocycles. The minimum absolute atomic E-state index is 0.00270. The van der Waals surface area contributed by atoms with Crippen LogP contribution in [0.4, 0.5) is 4.39 Å². The second-order valence-corrected chi connectivity index (χ2v) is 5.85. The summed E-state index contributed by atoms with van der Waals surface area (Å²) in [4.78, 5) is 41.3. The smallest absolute Gasteiger partial charge is 0.340 e. The zero-order valence-electron chi connectivity index (χ0n) is 15.3. The van der Waals surface area contributed by atoms with Crippen LogP contribution in [0.3, 0.4) is 0 Å². The highest BCUT2D eigenvalue weighted by atomic mass is 19.1. The van der Waals surface area contributed by atoms with Crippen molar-refractivity contribution in [3.05, 3.63) is 47.0 Å². The van der Waals surface area contributed by atoms with Crippen molar-refractivity contribution in [3.8, 4) is 11.1 Å². The summed E-state index contributed by atoms with van der Waals surface area (Å²) in [6.45, 7) is 2.91. The molecule has 2 N–H and O–H groups in total. The number of aliphatic hydroxyl groups is 1. The number of aromatic amines is 1. The number of ketones is 1. The standard InChI is InChI=1S/C19H21FN2O5/c1-4-27-19(26)14-11(2)21-16(17(24)18(25)22(3)9-10-23)15(14)12-7-5-6-8-13(12)20/h5-8,21,23H,4,9-10H2,1-3H3. The van der Waals surface area contributed by atoms with E-state index in [4.69, 9.17) is 9.84 Å². The van der Waals surface area contributed by atoms with Crippen molar-refractivity contribution in [3.63, 3.8) is 0 Å². The van der Waals surface area contributed by atoms with Crippen LogP contribution in [0.2, 0.25) is 0 Å². The lowest BCUT2D eigenvalue weighted by Gasteiger charge is -2.15. The van der Waals surface area contributed by atoms with Crippen molar-refractivity contribution in [1.82, 2.24) is 9.88 Å². The molecule has 1 aromatic heterocycles. The number of carbonyl (C=O) groups is 3. The van der Waals surface area contributed by atoms with Gasteiger partial charge in [-0.25, -0.2) is 9.18 Å². The van der Waals surface area contributed by atoms with Gasteiger partial charge in [-0.05, 0) is 19.9 Å². The number of Topliss-reactive ketones (excluding diaryl/α,β-unsaturated/α-hetero) is 1. The predicted octanol–water partition coefficient (Wildman–Crippen LogP) is 1.94. The molecule has 1 heterocycles. The van der Waals surface area contributed by atoms with Crippen LogP contribution in [0.5, 0.6) is 0 Å². The van der Waals surface area contributed by atoms with E-state index in [0.717, 1.165) is 4.90 Å². The molecule has 1 amide bonds. The summed E-state index contributed by atoms with van der Waals surface area (Å²) in [7, 11) is 1.36. The number of nitrogens with zero attached hydrogens (tertiary/aromatic N) is 1. The number of aliphatic hydroxyl groups excluding tert-OH is 1. The molecule has 0 saturated heterocycles. The largest absolute Gasteiger partial charge is 0.462 e. The fourth-order valence-corrected chi connectivity index (χ4v) is 2.72. The first-order valence-corrected chi connectivity index (χ1v) is 8.38.